The van der Waals surface area contributed by atoms with Gasteiger partial charge in [-0.05, 0) is 40.2 Å². The molecule has 0 bridgehead atoms. The molecular formula is C18H37ClN2O2. The monoisotopic (exact) mass is 348 g/mol. The lowest BCUT2D eigenvalue weighted by Crippen LogP contribution is -3.00. The van der Waals surface area contributed by atoms with E-state index in [1.165, 1.54) is 81.1 Å². The molecule has 2 saturated heterocycles. The molecule has 23 heavy (non-hydrogen) atoms. The molecule has 0 N–H and O–H groups in total. The summed E-state index contributed by atoms with van der Waals surface area (Å²) >= 11 is 0. The van der Waals surface area contributed by atoms with E-state index in [-0.39, 0.29) is 18.0 Å². The van der Waals surface area contributed by atoms with E-state index in [2.05, 4.69) is 34.3 Å². The molecule has 2 heterocycles. The molecule has 0 aliphatic carbocycles. The normalized spacial score (nSPS) is 19.2. The van der Waals surface area contributed by atoms with Crippen LogP contribution < -0.4 is 17.5 Å². The number of carbonyl (C=O) groups excluding carboxylic acids is 1. The molecule has 0 saturated carbocycles. The van der Waals surface area contributed by atoms with Crippen LogP contribution in [0.5, 0.6) is 0 Å². The Bertz CT molecular complexity index is 290. The summed E-state index contributed by atoms with van der Waals surface area (Å²) in [4.78, 5) is 9.49. The van der Waals surface area contributed by atoms with Gasteiger partial charge in [0.05, 0.1) is 58.3 Å². The minimum Gasteiger partial charge on any atom is -1.00 e. The van der Waals surface area contributed by atoms with Gasteiger partial charge in [-0.2, -0.15) is 0 Å². The Kier molecular flexibility index (Phi) is 12.7. The van der Waals surface area contributed by atoms with Crippen LogP contribution in [0.4, 0.5) is 0 Å². The molecule has 0 spiro atoms. The van der Waals surface area contributed by atoms with Gasteiger partial charge in [0, 0.05) is 12.8 Å². The van der Waals surface area contributed by atoms with Crippen molar-refractivity contribution in [2.24, 2.45) is 0 Å². The summed E-state index contributed by atoms with van der Waals surface area (Å²) in [5.41, 5.74) is 0.0648. The van der Waals surface area contributed by atoms with Gasteiger partial charge in [0.2, 0.25) is 0 Å². The molecule has 138 valence electrons. The molecular weight excluding hydrogens is 312 g/mol. The van der Waals surface area contributed by atoms with Crippen molar-refractivity contribution in [3.8, 4) is 0 Å². The maximum absolute atomic E-state index is 9.49. The van der Waals surface area contributed by atoms with Crippen LogP contribution in [-0.4, -0.2) is 67.3 Å². The maximum Gasteiger partial charge on any atom is 0.0840 e. The Morgan fingerprint density at radius 3 is 1.09 bits per heavy atom. The Labute approximate surface area is 149 Å². The number of nitrogens with zero attached hydrogens (tertiary/aromatic N) is 2. The van der Waals surface area contributed by atoms with E-state index in [1.807, 2.05) is 0 Å². The minimum absolute atomic E-state index is 0. The summed E-state index contributed by atoms with van der Waals surface area (Å²) in [5.74, 6) is -1.19. The Balaban J connectivity index is 0. The Morgan fingerprint density at radius 1 is 0.870 bits per heavy atom. The standard InChI is InChI=1S/2C7H16N.C4H6O2.ClH/c2*1-3-8(4-2)6-5-7-8;1-3(2)4(5)6;/h2*3-7H2,1-2H3;1H2,2H3,(H,5,6);1H/q2*+1;;/p-2. The first-order valence-corrected chi connectivity index (χ1v) is 8.87. The summed E-state index contributed by atoms with van der Waals surface area (Å²) in [5, 5.41) is 9.49. The molecule has 2 aliphatic heterocycles. The summed E-state index contributed by atoms with van der Waals surface area (Å²) in [7, 11) is 0. The van der Waals surface area contributed by atoms with Gasteiger partial charge in [0.1, 0.15) is 0 Å². The average Bonchev–Trinajstić information content (AvgIpc) is 2.40. The quantitative estimate of drug-likeness (QED) is 0.463. The van der Waals surface area contributed by atoms with E-state index < -0.39 is 5.97 Å². The fourth-order valence-electron chi connectivity index (χ4n) is 2.92. The van der Waals surface area contributed by atoms with Gasteiger partial charge in [-0.1, -0.05) is 6.58 Å². The fourth-order valence-corrected chi connectivity index (χ4v) is 2.92. The first-order chi connectivity index (χ1) is 10.3. The van der Waals surface area contributed by atoms with Gasteiger partial charge in [0.25, 0.3) is 0 Å². The molecule has 0 atom stereocenters. The predicted octanol–water partition coefficient (Wildman–Crippen LogP) is -1.19. The number of carboxylic acid groups (broad SMARTS) is 1. The van der Waals surface area contributed by atoms with Gasteiger partial charge in [-0.3, -0.25) is 0 Å². The van der Waals surface area contributed by atoms with E-state index >= 15 is 0 Å². The topological polar surface area (TPSA) is 40.1 Å². The molecule has 2 fully saturated rings. The number of quaternary nitrogens is 2. The zero-order valence-corrected chi connectivity index (χ0v) is 16.6. The Hall–Kier alpha value is -0.580. The third-order valence-electron chi connectivity index (χ3n) is 5.56. The number of hydrogen-bond acceptors (Lipinski definition) is 2. The van der Waals surface area contributed by atoms with Crippen molar-refractivity contribution in [1.82, 2.24) is 0 Å². The number of carbonyl (C=O) groups is 1. The van der Waals surface area contributed by atoms with Crippen LogP contribution in [0, 0.1) is 0 Å². The smallest absolute Gasteiger partial charge is 0.0840 e. The summed E-state index contributed by atoms with van der Waals surface area (Å²) in [6.07, 6.45) is 2.92. The number of halogens is 1. The van der Waals surface area contributed by atoms with Gasteiger partial charge in [-0.15, -0.1) is 0 Å². The maximum atomic E-state index is 9.49. The Morgan fingerprint density at radius 2 is 1.09 bits per heavy atom. The summed E-state index contributed by atoms with van der Waals surface area (Å²) in [6.45, 7) is 24.8. The van der Waals surface area contributed by atoms with Gasteiger partial charge in [-0.25, -0.2) is 0 Å². The fraction of sp³-hybridized carbons (Fsp3) is 0.833. The number of aliphatic carboxylic acids is 1. The van der Waals surface area contributed by atoms with Crippen molar-refractivity contribution in [3.63, 3.8) is 0 Å². The number of carboxylic acids is 1. The van der Waals surface area contributed by atoms with Crippen LogP contribution in [0.3, 0.4) is 0 Å². The highest BCUT2D eigenvalue weighted by Crippen LogP contribution is 2.18. The molecule has 0 radical (unpaired) electrons. The third kappa shape index (κ3) is 8.18. The highest BCUT2D eigenvalue weighted by Gasteiger charge is 2.31. The van der Waals surface area contributed by atoms with E-state index in [4.69, 9.17) is 0 Å². The first kappa shape index (κ1) is 24.7. The molecule has 2 rings (SSSR count). The lowest BCUT2D eigenvalue weighted by molar-refractivity contribution is -0.960. The molecule has 0 unspecified atom stereocenters. The van der Waals surface area contributed by atoms with Crippen LogP contribution >= 0.6 is 0 Å². The molecule has 2 aliphatic rings. The highest BCUT2D eigenvalue weighted by atomic mass is 35.5. The second kappa shape index (κ2) is 11.9. The van der Waals surface area contributed by atoms with E-state index in [0.717, 1.165) is 0 Å². The van der Waals surface area contributed by atoms with Crippen molar-refractivity contribution < 1.29 is 31.3 Å². The second-order valence-corrected chi connectivity index (χ2v) is 6.62. The zero-order chi connectivity index (χ0) is 17.2. The second-order valence-electron chi connectivity index (χ2n) is 6.62. The number of likely N-dealkylation sites (tertiary alicyclic amines) is 2. The average molecular weight is 349 g/mol. The summed E-state index contributed by atoms with van der Waals surface area (Å²) < 4.78 is 2.78. The minimum atomic E-state index is -1.19. The molecule has 0 aromatic heterocycles. The first-order valence-electron chi connectivity index (χ1n) is 8.87. The lowest BCUT2D eigenvalue weighted by Gasteiger charge is -2.44. The molecule has 5 heteroatoms. The van der Waals surface area contributed by atoms with Crippen molar-refractivity contribution >= 4 is 5.97 Å². The van der Waals surface area contributed by atoms with Crippen molar-refractivity contribution in [2.45, 2.75) is 47.5 Å². The van der Waals surface area contributed by atoms with E-state index in [1.54, 1.807) is 0 Å². The number of rotatable bonds is 5. The van der Waals surface area contributed by atoms with E-state index in [9.17, 15) is 9.90 Å². The van der Waals surface area contributed by atoms with E-state index in [0.29, 0.717) is 0 Å². The molecule has 0 aromatic carbocycles. The predicted molar refractivity (Wildman–Crippen MR) is 91.2 cm³/mol. The summed E-state index contributed by atoms with van der Waals surface area (Å²) in [6, 6.07) is 0. The molecule has 0 aromatic rings. The van der Waals surface area contributed by atoms with Crippen LogP contribution in [0.2, 0.25) is 0 Å². The van der Waals surface area contributed by atoms with Gasteiger partial charge in [0.15, 0.2) is 0 Å². The van der Waals surface area contributed by atoms with Crippen LogP contribution in [0.1, 0.15) is 47.5 Å². The van der Waals surface area contributed by atoms with Crippen LogP contribution in [0.25, 0.3) is 0 Å². The van der Waals surface area contributed by atoms with Crippen molar-refractivity contribution in [1.29, 1.82) is 0 Å². The van der Waals surface area contributed by atoms with Gasteiger partial charge >= 0.3 is 0 Å². The zero-order valence-electron chi connectivity index (χ0n) is 15.9. The number of hydrogen-bond donors (Lipinski definition) is 0. The van der Waals surface area contributed by atoms with Crippen LogP contribution in [0.15, 0.2) is 12.2 Å². The largest absolute Gasteiger partial charge is 1.00 e. The van der Waals surface area contributed by atoms with Crippen molar-refractivity contribution in [3.05, 3.63) is 12.2 Å². The SMILES string of the molecule is C=C(C)C(=O)[O-].CC[N+]1(CC)CCC1.CC[N+]1(CC)CCC1.[Cl-]. The van der Waals surface area contributed by atoms with Crippen LogP contribution in [-0.2, 0) is 4.79 Å². The van der Waals surface area contributed by atoms with Crippen molar-refractivity contribution in [2.75, 3.05) is 52.4 Å². The molecule has 0 amide bonds. The third-order valence-corrected chi connectivity index (χ3v) is 5.56. The highest BCUT2D eigenvalue weighted by molar-refractivity contribution is 5.82. The van der Waals surface area contributed by atoms with Gasteiger partial charge < -0.3 is 31.3 Å². The lowest BCUT2D eigenvalue weighted by atomic mass is 10.1. The molecule has 4 nitrogen and oxygen atoms in total.